The van der Waals surface area contributed by atoms with Crippen LogP contribution in [0.3, 0.4) is 0 Å². The highest BCUT2D eigenvalue weighted by Crippen LogP contribution is 2.16. The van der Waals surface area contributed by atoms with Gasteiger partial charge in [0.1, 0.15) is 0 Å². The maximum atomic E-state index is 3.56. The van der Waals surface area contributed by atoms with Gasteiger partial charge in [-0.15, -0.1) is 0 Å². The molecular formula is C19H33N. The van der Waals surface area contributed by atoms with Crippen molar-refractivity contribution in [3.05, 3.63) is 34.9 Å². The standard InChI is InChI=1S/C19H33N/c1-6-16-12-13-17(7-2)18(15-16)11-9-8-10-14-20-19(3,4)5/h12-13,15,20H,6-11,14H2,1-5H3. The van der Waals surface area contributed by atoms with Crippen molar-refractivity contribution >= 4 is 0 Å². The van der Waals surface area contributed by atoms with E-state index in [1.54, 1.807) is 5.56 Å². The van der Waals surface area contributed by atoms with Gasteiger partial charge in [0, 0.05) is 5.54 Å². The predicted molar refractivity (Wildman–Crippen MR) is 90.5 cm³/mol. The third-order valence-corrected chi connectivity index (χ3v) is 3.84. The molecule has 0 fully saturated rings. The van der Waals surface area contributed by atoms with Crippen LogP contribution in [0.1, 0.15) is 70.6 Å². The third kappa shape index (κ3) is 6.56. The van der Waals surface area contributed by atoms with Crippen molar-refractivity contribution in [3.63, 3.8) is 0 Å². The maximum Gasteiger partial charge on any atom is 0.00965 e. The first-order chi connectivity index (χ1) is 9.46. The van der Waals surface area contributed by atoms with Gasteiger partial charge in [-0.25, -0.2) is 0 Å². The molecule has 0 aromatic heterocycles. The molecule has 0 unspecified atom stereocenters. The highest BCUT2D eigenvalue weighted by molar-refractivity contribution is 5.32. The van der Waals surface area contributed by atoms with Crippen molar-refractivity contribution in [2.45, 2.75) is 78.7 Å². The molecule has 0 aliphatic rings. The highest BCUT2D eigenvalue weighted by Gasteiger charge is 2.07. The molecule has 0 aliphatic heterocycles. The fourth-order valence-corrected chi connectivity index (χ4v) is 2.56. The van der Waals surface area contributed by atoms with Crippen LogP contribution in [-0.4, -0.2) is 12.1 Å². The summed E-state index contributed by atoms with van der Waals surface area (Å²) < 4.78 is 0. The zero-order chi connectivity index (χ0) is 15.0. The minimum atomic E-state index is 0.255. The Labute approximate surface area is 126 Å². The van der Waals surface area contributed by atoms with Crippen molar-refractivity contribution in [1.82, 2.24) is 5.32 Å². The van der Waals surface area contributed by atoms with Crippen LogP contribution in [0.5, 0.6) is 0 Å². The zero-order valence-corrected chi connectivity index (χ0v) is 14.2. The molecule has 0 saturated heterocycles. The number of hydrogen-bond donors (Lipinski definition) is 1. The zero-order valence-electron chi connectivity index (χ0n) is 14.2. The fourth-order valence-electron chi connectivity index (χ4n) is 2.56. The Hall–Kier alpha value is -0.820. The van der Waals surface area contributed by atoms with Gasteiger partial charge in [-0.2, -0.15) is 0 Å². The summed E-state index contributed by atoms with van der Waals surface area (Å²) in [7, 11) is 0. The molecule has 1 aromatic rings. The summed E-state index contributed by atoms with van der Waals surface area (Å²) >= 11 is 0. The number of rotatable bonds is 8. The SMILES string of the molecule is CCc1ccc(CC)c(CCCCCNC(C)(C)C)c1. The molecule has 0 aliphatic carbocycles. The van der Waals surface area contributed by atoms with Crippen LogP contribution in [0.25, 0.3) is 0 Å². The Morgan fingerprint density at radius 2 is 1.65 bits per heavy atom. The molecule has 20 heavy (non-hydrogen) atoms. The average molecular weight is 275 g/mol. The highest BCUT2D eigenvalue weighted by atomic mass is 14.9. The second kappa shape index (κ2) is 8.46. The summed E-state index contributed by atoms with van der Waals surface area (Å²) in [5, 5.41) is 3.56. The van der Waals surface area contributed by atoms with E-state index in [1.807, 2.05) is 0 Å². The van der Waals surface area contributed by atoms with E-state index in [0.717, 1.165) is 19.4 Å². The monoisotopic (exact) mass is 275 g/mol. The quantitative estimate of drug-likeness (QED) is 0.665. The fraction of sp³-hybridized carbons (Fsp3) is 0.684. The summed E-state index contributed by atoms with van der Waals surface area (Å²) in [5.41, 5.74) is 4.85. The summed E-state index contributed by atoms with van der Waals surface area (Å²) in [5.74, 6) is 0. The number of nitrogens with one attached hydrogen (secondary N) is 1. The van der Waals surface area contributed by atoms with E-state index in [2.05, 4.69) is 58.1 Å². The lowest BCUT2D eigenvalue weighted by molar-refractivity contribution is 0.417. The van der Waals surface area contributed by atoms with Crippen LogP contribution in [0.2, 0.25) is 0 Å². The van der Waals surface area contributed by atoms with Gasteiger partial charge in [-0.05, 0) is 76.1 Å². The van der Waals surface area contributed by atoms with Gasteiger partial charge < -0.3 is 5.32 Å². The molecule has 1 heteroatoms. The molecule has 1 aromatic carbocycles. The predicted octanol–water partition coefficient (Wildman–Crippen LogP) is 4.91. The maximum absolute atomic E-state index is 3.56. The van der Waals surface area contributed by atoms with Gasteiger partial charge in [0.25, 0.3) is 0 Å². The van der Waals surface area contributed by atoms with E-state index >= 15 is 0 Å². The third-order valence-electron chi connectivity index (χ3n) is 3.84. The van der Waals surface area contributed by atoms with Crippen molar-refractivity contribution in [1.29, 1.82) is 0 Å². The van der Waals surface area contributed by atoms with Gasteiger partial charge in [-0.1, -0.05) is 38.5 Å². The Balaban J connectivity index is 2.34. The van der Waals surface area contributed by atoms with Crippen molar-refractivity contribution < 1.29 is 0 Å². The van der Waals surface area contributed by atoms with E-state index in [0.29, 0.717) is 0 Å². The number of aryl methyl sites for hydroxylation is 3. The second-order valence-corrected chi connectivity index (χ2v) is 6.80. The molecule has 0 atom stereocenters. The molecule has 1 nitrogen and oxygen atoms in total. The van der Waals surface area contributed by atoms with Crippen LogP contribution in [0.4, 0.5) is 0 Å². The van der Waals surface area contributed by atoms with Gasteiger partial charge in [-0.3, -0.25) is 0 Å². The second-order valence-electron chi connectivity index (χ2n) is 6.80. The molecule has 0 heterocycles. The molecule has 1 rings (SSSR count). The van der Waals surface area contributed by atoms with Crippen LogP contribution >= 0.6 is 0 Å². The molecule has 0 spiro atoms. The van der Waals surface area contributed by atoms with E-state index in [9.17, 15) is 0 Å². The van der Waals surface area contributed by atoms with E-state index in [4.69, 9.17) is 0 Å². The molecule has 1 N–H and O–H groups in total. The minimum absolute atomic E-state index is 0.255. The Kier molecular flexibility index (Phi) is 7.29. The van der Waals surface area contributed by atoms with Crippen molar-refractivity contribution in [2.24, 2.45) is 0 Å². The lowest BCUT2D eigenvalue weighted by atomic mass is 9.96. The van der Waals surface area contributed by atoms with Gasteiger partial charge >= 0.3 is 0 Å². The minimum Gasteiger partial charge on any atom is -0.312 e. The first kappa shape index (κ1) is 17.2. The molecular weight excluding hydrogens is 242 g/mol. The Morgan fingerprint density at radius 3 is 2.25 bits per heavy atom. The lowest BCUT2D eigenvalue weighted by Gasteiger charge is -2.20. The average Bonchev–Trinajstić information content (AvgIpc) is 2.41. The smallest absolute Gasteiger partial charge is 0.00965 e. The first-order valence-corrected chi connectivity index (χ1v) is 8.32. The van der Waals surface area contributed by atoms with Crippen LogP contribution in [-0.2, 0) is 19.3 Å². The summed E-state index contributed by atoms with van der Waals surface area (Å²) in [6.07, 6.45) is 7.46. The van der Waals surface area contributed by atoms with E-state index in [1.165, 1.54) is 36.8 Å². The summed E-state index contributed by atoms with van der Waals surface area (Å²) in [6, 6.07) is 7.04. The van der Waals surface area contributed by atoms with Crippen LogP contribution in [0, 0.1) is 0 Å². The number of benzene rings is 1. The van der Waals surface area contributed by atoms with Gasteiger partial charge in [0.15, 0.2) is 0 Å². The number of unbranched alkanes of at least 4 members (excludes halogenated alkanes) is 2. The largest absolute Gasteiger partial charge is 0.312 e. The van der Waals surface area contributed by atoms with Gasteiger partial charge in [0.2, 0.25) is 0 Å². The molecule has 0 amide bonds. The van der Waals surface area contributed by atoms with Crippen LogP contribution < -0.4 is 5.32 Å². The lowest BCUT2D eigenvalue weighted by Crippen LogP contribution is -2.36. The summed E-state index contributed by atoms with van der Waals surface area (Å²) in [4.78, 5) is 0. The van der Waals surface area contributed by atoms with Crippen molar-refractivity contribution in [2.75, 3.05) is 6.54 Å². The number of hydrogen-bond acceptors (Lipinski definition) is 1. The molecule has 0 saturated carbocycles. The summed E-state index contributed by atoms with van der Waals surface area (Å²) in [6.45, 7) is 12.3. The molecule has 0 radical (unpaired) electrons. The normalized spacial score (nSPS) is 11.8. The molecule has 0 bridgehead atoms. The van der Waals surface area contributed by atoms with Gasteiger partial charge in [0.05, 0.1) is 0 Å². The van der Waals surface area contributed by atoms with Crippen LogP contribution in [0.15, 0.2) is 18.2 Å². The Bertz CT molecular complexity index is 387. The first-order valence-electron chi connectivity index (χ1n) is 8.32. The molecule has 114 valence electrons. The van der Waals surface area contributed by atoms with E-state index < -0.39 is 0 Å². The Morgan fingerprint density at radius 1 is 0.900 bits per heavy atom. The van der Waals surface area contributed by atoms with Crippen molar-refractivity contribution in [3.8, 4) is 0 Å². The van der Waals surface area contributed by atoms with E-state index in [-0.39, 0.29) is 5.54 Å². The topological polar surface area (TPSA) is 12.0 Å².